The van der Waals surface area contributed by atoms with Crippen LogP contribution in [0.4, 0.5) is 5.69 Å². The number of nitrogens with zero attached hydrogens (tertiary/aromatic N) is 2. The predicted octanol–water partition coefficient (Wildman–Crippen LogP) is 5.43. The third-order valence-electron chi connectivity index (χ3n) is 6.11. The summed E-state index contributed by atoms with van der Waals surface area (Å²) in [6, 6.07) is 14.8. The molecule has 0 bridgehead atoms. The van der Waals surface area contributed by atoms with E-state index in [1.807, 2.05) is 29.2 Å². The number of rotatable bonds is 3. The van der Waals surface area contributed by atoms with Crippen molar-refractivity contribution in [2.45, 2.75) is 44.7 Å². The van der Waals surface area contributed by atoms with Crippen LogP contribution < -0.4 is 5.32 Å². The zero-order chi connectivity index (χ0) is 20.7. The second kappa shape index (κ2) is 7.73. The molecule has 3 aromatic rings. The summed E-state index contributed by atoms with van der Waals surface area (Å²) in [5.41, 5.74) is 2.95. The number of fused-ring (bicyclic) bond motifs is 2. The molecule has 0 saturated heterocycles. The first-order valence-electron chi connectivity index (χ1n) is 10.4. The molecule has 2 amide bonds. The van der Waals surface area contributed by atoms with Crippen molar-refractivity contribution in [3.05, 3.63) is 70.4 Å². The summed E-state index contributed by atoms with van der Waals surface area (Å²) in [7, 11) is 0. The van der Waals surface area contributed by atoms with E-state index in [4.69, 9.17) is 11.6 Å². The van der Waals surface area contributed by atoms with E-state index in [9.17, 15) is 9.59 Å². The van der Waals surface area contributed by atoms with Crippen molar-refractivity contribution in [3.8, 4) is 0 Å². The second-order valence-electron chi connectivity index (χ2n) is 8.02. The summed E-state index contributed by atoms with van der Waals surface area (Å²) in [6.07, 6.45) is 5.54. The fourth-order valence-corrected chi connectivity index (χ4v) is 4.86. The number of halogens is 1. The molecular formula is C24H22ClN3O2. The Morgan fingerprint density at radius 3 is 2.67 bits per heavy atom. The molecule has 1 N–H and O–H groups in total. The standard InChI is InChI=1S/C24H22ClN3O2/c25-15-7-6-8-16(13-15)26-23(29)21-18-11-4-5-12-20(18)27-22-19(21)14-28(24(22)30)17-9-2-1-3-10-17/h4-8,11-13,17H,1-3,9-10,14H2,(H,26,29). The van der Waals surface area contributed by atoms with E-state index in [-0.39, 0.29) is 17.9 Å². The van der Waals surface area contributed by atoms with Gasteiger partial charge in [0.05, 0.1) is 11.1 Å². The molecule has 0 atom stereocenters. The lowest BCUT2D eigenvalue weighted by molar-refractivity contribution is 0.0655. The minimum absolute atomic E-state index is 0.0561. The number of para-hydroxylation sites is 1. The molecule has 152 valence electrons. The van der Waals surface area contributed by atoms with Crippen molar-refractivity contribution < 1.29 is 9.59 Å². The molecule has 1 aliphatic carbocycles. The Morgan fingerprint density at radius 2 is 1.87 bits per heavy atom. The van der Waals surface area contributed by atoms with Crippen LogP contribution in [-0.2, 0) is 6.54 Å². The number of nitrogens with one attached hydrogen (secondary N) is 1. The highest BCUT2D eigenvalue weighted by Crippen LogP contribution is 2.35. The van der Waals surface area contributed by atoms with Gasteiger partial charge in [-0.1, -0.05) is 55.1 Å². The Balaban J connectivity index is 1.58. The van der Waals surface area contributed by atoms with E-state index >= 15 is 0 Å². The molecule has 1 aliphatic heterocycles. The van der Waals surface area contributed by atoms with Gasteiger partial charge in [-0.15, -0.1) is 0 Å². The zero-order valence-corrected chi connectivity index (χ0v) is 17.3. The second-order valence-corrected chi connectivity index (χ2v) is 8.46. The third kappa shape index (κ3) is 3.33. The van der Waals surface area contributed by atoms with Gasteiger partial charge in [0.25, 0.3) is 11.8 Å². The molecule has 1 fully saturated rings. The molecule has 1 saturated carbocycles. The number of hydrogen-bond donors (Lipinski definition) is 1. The van der Waals surface area contributed by atoms with Crippen LogP contribution in [0.25, 0.3) is 10.9 Å². The first-order chi connectivity index (χ1) is 14.6. The quantitative estimate of drug-likeness (QED) is 0.615. The van der Waals surface area contributed by atoms with Gasteiger partial charge in [0.2, 0.25) is 0 Å². The van der Waals surface area contributed by atoms with Gasteiger partial charge in [0, 0.05) is 34.2 Å². The van der Waals surface area contributed by atoms with Crippen LogP contribution in [0.15, 0.2) is 48.5 Å². The third-order valence-corrected chi connectivity index (χ3v) is 6.35. The summed E-state index contributed by atoms with van der Waals surface area (Å²) < 4.78 is 0. The predicted molar refractivity (Wildman–Crippen MR) is 118 cm³/mol. The van der Waals surface area contributed by atoms with Crippen molar-refractivity contribution in [2.24, 2.45) is 0 Å². The monoisotopic (exact) mass is 419 g/mol. The van der Waals surface area contributed by atoms with E-state index < -0.39 is 0 Å². The lowest BCUT2D eigenvalue weighted by Gasteiger charge is -2.30. The van der Waals surface area contributed by atoms with Gasteiger partial charge in [-0.2, -0.15) is 0 Å². The van der Waals surface area contributed by atoms with Crippen LogP contribution in [0.5, 0.6) is 0 Å². The minimum atomic E-state index is -0.245. The van der Waals surface area contributed by atoms with Crippen molar-refractivity contribution in [2.75, 3.05) is 5.32 Å². The number of amides is 2. The Morgan fingerprint density at radius 1 is 1.07 bits per heavy atom. The lowest BCUT2D eigenvalue weighted by Crippen LogP contribution is -2.37. The molecule has 1 aromatic heterocycles. The molecular weight excluding hydrogens is 398 g/mol. The summed E-state index contributed by atoms with van der Waals surface area (Å²) >= 11 is 6.07. The van der Waals surface area contributed by atoms with Gasteiger partial charge < -0.3 is 10.2 Å². The van der Waals surface area contributed by atoms with E-state index in [0.717, 1.165) is 36.6 Å². The number of aromatic nitrogens is 1. The molecule has 0 unspecified atom stereocenters. The van der Waals surface area contributed by atoms with Crippen LogP contribution >= 0.6 is 11.6 Å². The average Bonchev–Trinajstić information content (AvgIpc) is 3.08. The van der Waals surface area contributed by atoms with Crippen molar-refractivity contribution >= 4 is 40.0 Å². The van der Waals surface area contributed by atoms with Gasteiger partial charge in [-0.25, -0.2) is 4.98 Å². The van der Waals surface area contributed by atoms with Crippen molar-refractivity contribution in [1.29, 1.82) is 0 Å². The topological polar surface area (TPSA) is 62.3 Å². The number of anilines is 1. The van der Waals surface area contributed by atoms with Gasteiger partial charge in [0.15, 0.2) is 0 Å². The number of benzene rings is 2. The van der Waals surface area contributed by atoms with Crippen LogP contribution in [-0.4, -0.2) is 27.7 Å². The Labute approximate surface area is 180 Å². The smallest absolute Gasteiger partial charge is 0.273 e. The Bertz CT molecular complexity index is 1150. The summed E-state index contributed by atoms with van der Waals surface area (Å²) in [4.78, 5) is 33.2. The SMILES string of the molecule is O=C(Nc1cccc(Cl)c1)c1c2c(nc3ccccc13)C(=O)N(C1CCCCC1)C2. The van der Waals surface area contributed by atoms with E-state index in [1.165, 1.54) is 6.42 Å². The Hall–Kier alpha value is -2.92. The van der Waals surface area contributed by atoms with Crippen molar-refractivity contribution in [3.63, 3.8) is 0 Å². The molecule has 6 heteroatoms. The zero-order valence-electron chi connectivity index (χ0n) is 16.5. The first-order valence-corrected chi connectivity index (χ1v) is 10.8. The summed E-state index contributed by atoms with van der Waals surface area (Å²) in [6.45, 7) is 0.439. The van der Waals surface area contributed by atoms with E-state index in [0.29, 0.717) is 34.0 Å². The molecule has 2 aromatic carbocycles. The molecule has 5 nitrogen and oxygen atoms in total. The fraction of sp³-hybridized carbons (Fsp3) is 0.292. The molecule has 2 heterocycles. The van der Waals surface area contributed by atoms with Gasteiger partial charge in [0.1, 0.15) is 5.69 Å². The molecule has 30 heavy (non-hydrogen) atoms. The van der Waals surface area contributed by atoms with Gasteiger partial charge in [-0.05, 0) is 37.1 Å². The minimum Gasteiger partial charge on any atom is -0.330 e. The Kier molecular flexibility index (Phi) is 4.91. The first kappa shape index (κ1) is 19.1. The maximum absolute atomic E-state index is 13.4. The van der Waals surface area contributed by atoms with Crippen LogP contribution in [0.3, 0.4) is 0 Å². The average molecular weight is 420 g/mol. The summed E-state index contributed by atoms with van der Waals surface area (Å²) in [5.74, 6) is -0.301. The highest BCUT2D eigenvalue weighted by atomic mass is 35.5. The highest BCUT2D eigenvalue weighted by Gasteiger charge is 2.38. The normalized spacial score (nSPS) is 16.7. The summed E-state index contributed by atoms with van der Waals surface area (Å²) in [5, 5.41) is 4.26. The maximum Gasteiger partial charge on any atom is 0.273 e. The van der Waals surface area contributed by atoms with Crippen LogP contribution in [0.2, 0.25) is 5.02 Å². The molecule has 0 radical (unpaired) electrons. The van der Waals surface area contributed by atoms with E-state index in [2.05, 4.69) is 10.3 Å². The van der Waals surface area contributed by atoms with Gasteiger partial charge >= 0.3 is 0 Å². The maximum atomic E-state index is 13.4. The fourth-order valence-electron chi connectivity index (χ4n) is 4.67. The largest absolute Gasteiger partial charge is 0.330 e. The molecule has 2 aliphatic rings. The van der Waals surface area contributed by atoms with Gasteiger partial charge in [-0.3, -0.25) is 9.59 Å². The number of pyridine rings is 1. The molecule has 5 rings (SSSR count). The van der Waals surface area contributed by atoms with E-state index in [1.54, 1.807) is 24.3 Å². The molecule has 0 spiro atoms. The van der Waals surface area contributed by atoms with Crippen LogP contribution in [0, 0.1) is 0 Å². The van der Waals surface area contributed by atoms with Crippen LogP contribution in [0.1, 0.15) is 58.5 Å². The lowest BCUT2D eigenvalue weighted by atomic mass is 9.94. The highest BCUT2D eigenvalue weighted by molar-refractivity contribution is 6.31. The number of carbonyl (C=O) groups excluding carboxylic acids is 2. The van der Waals surface area contributed by atoms with Crippen molar-refractivity contribution in [1.82, 2.24) is 9.88 Å². The number of carbonyl (C=O) groups is 2. The number of hydrogen-bond acceptors (Lipinski definition) is 3.